The third kappa shape index (κ3) is 4.41. The number of para-hydroxylation sites is 1. The summed E-state index contributed by atoms with van der Waals surface area (Å²) < 4.78 is 15.6. The SMILES string of the molecule is COc1ccc(CCOC(=O)Nc2ccccc2)cc1OC. The van der Waals surface area contributed by atoms with Gasteiger partial charge in [-0.15, -0.1) is 0 Å². The Hall–Kier alpha value is -2.69. The number of amides is 1. The molecule has 22 heavy (non-hydrogen) atoms. The van der Waals surface area contributed by atoms with Gasteiger partial charge in [-0.25, -0.2) is 4.79 Å². The molecule has 1 amide bonds. The van der Waals surface area contributed by atoms with Gasteiger partial charge >= 0.3 is 6.09 Å². The molecule has 0 saturated carbocycles. The van der Waals surface area contributed by atoms with Crippen molar-refractivity contribution in [3.63, 3.8) is 0 Å². The summed E-state index contributed by atoms with van der Waals surface area (Å²) in [6.45, 7) is 0.286. The van der Waals surface area contributed by atoms with Crippen LogP contribution in [0.4, 0.5) is 10.5 Å². The Bertz CT molecular complexity index is 613. The molecule has 0 heterocycles. The van der Waals surface area contributed by atoms with Gasteiger partial charge in [0, 0.05) is 12.1 Å². The number of methoxy groups -OCH3 is 2. The van der Waals surface area contributed by atoms with E-state index in [-0.39, 0.29) is 6.61 Å². The lowest BCUT2D eigenvalue weighted by Crippen LogP contribution is -2.15. The van der Waals surface area contributed by atoms with E-state index in [0.717, 1.165) is 5.56 Å². The van der Waals surface area contributed by atoms with Gasteiger partial charge in [0.1, 0.15) is 0 Å². The highest BCUT2D eigenvalue weighted by Gasteiger charge is 2.06. The van der Waals surface area contributed by atoms with Crippen molar-refractivity contribution in [2.24, 2.45) is 0 Å². The van der Waals surface area contributed by atoms with Crippen LogP contribution < -0.4 is 14.8 Å². The van der Waals surface area contributed by atoms with E-state index in [2.05, 4.69) is 5.32 Å². The highest BCUT2D eigenvalue weighted by atomic mass is 16.5. The number of anilines is 1. The average molecular weight is 301 g/mol. The van der Waals surface area contributed by atoms with Gasteiger partial charge in [0.05, 0.1) is 20.8 Å². The van der Waals surface area contributed by atoms with E-state index in [1.54, 1.807) is 26.4 Å². The molecule has 0 aliphatic heterocycles. The van der Waals surface area contributed by atoms with E-state index >= 15 is 0 Å². The average Bonchev–Trinajstić information content (AvgIpc) is 2.55. The zero-order valence-electron chi connectivity index (χ0n) is 12.7. The third-order valence-corrected chi connectivity index (χ3v) is 3.09. The van der Waals surface area contributed by atoms with E-state index < -0.39 is 6.09 Å². The zero-order valence-corrected chi connectivity index (χ0v) is 12.7. The van der Waals surface area contributed by atoms with Gasteiger partial charge in [-0.3, -0.25) is 5.32 Å². The molecule has 0 bridgehead atoms. The maximum Gasteiger partial charge on any atom is 0.411 e. The Morgan fingerprint density at radius 3 is 2.41 bits per heavy atom. The van der Waals surface area contributed by atoms with Crippen LogP contribution in [0.5, 0.6) is 11.5 Å². The summed E-state index contributed by atoms with van der Waals surface area (Å²) in [5.41, 5.74) is 1.71. The first-order valence-electron chi connectivity index (χ1n) is 6.92. The summed E-state index contributed by atoms with van der Waals surface area (Å²) in [4.78, 5) is 11.6. The van der Waals surface area contributed by atoms with Crippen LogP contribution in [0.1, 0.15) is 5.56 Å². The lowest BCUT2D eigenvalue weighted by molar-refractivity contribution is 0.163. The molecule has 5 nitrogen and oxygen atoms in total. The van der Waals surface area contributed by atoms with Crippen molar-refractivity contribution in [3.8, 4) is 11.5 Å². The summed E-state index contributed by atoms with van der Waals surface area (Å²) in [5, 5.41) is 2.66. The Labute approximate surface area is 129 Å². The molecule has 0 saturated heterocycles. The fraction of sp³-hybridized carbons (Fsp3) is 0.235. The normalized spacial score (nSPS) is 9.91. The molecule has 2 aromatic carbocycles. The van der Waals surface area contributed by atoms with Crippen LogP contribution >= 0.6 is 0 Å². The Morgan fingerprint density at radius 2 is 1.73 bits per heavy atom. The minimum Gasteiger partial charge on any atom is -0.493 e. The molecule has 0 aliphatic carbocycles. The Balaban J connectivity index is 1.82. The molecule has 2 rings (SSSR count). The largest absolute Gasteiger partial charge is 0.493 e. The van der Waals surface area contributed by atoms with Crippen molar-refractivity contribution in [3.05, 3.63) is 54.1 Å². The second-order valence-corrected chi connectivity index (χ2v) is 4.57. The first kappa shape index (κ1) is 15.7. The van der Waals surface area contributed by atoms with Crippen molar-refractivity contribution in [1.82, 2.24) is 0 Å². The number of rotatable bonds is 6. The number of hydrogen-bond donors (Lipinski definition) is 1. The molecule has 0 aliphatic rings. The van der Waals surface area contributed by atoms with Crippen molar-refractivity contribution in [2.75, 3.05) is 26.1 Å². The van der Waals surface area contributed by atoms with Crippen LogP contribution in [-0.2, 0) is 11.2 Å². The molecule has 0 radical (unpaired) electrons. The van der Waals surface area contributed by atoms with E-state index in [4.69, 9.17) is 14.2 Å². The minimum absolute atomic E-state index is 0.286. The van der Waals surface area contributed by atoms with Crippen LogP contribution in [0.25, 0.3) is 0 Å². The highest BCUT2D eigenvalue weighted by Crippen LogP contribution is 2.27. The summed E-state index contributed by atoms with van der Waals surface area (Å²) >= 11 is 0. The zero-order chi connectivity index (χ0) is 15.8. The van der Waals surface area contributed by atoms with Crippen molar-refractivity contribution < 1.29 is 19.0 Å². The van der Waals surface area contributed by atoms with Gasteiger partial charge in [-0.1, -0.05) is 24.3 Å². The topological polar surface area (TPSA) is 56.8 Å². The van der Waals surface area contributed by atoms with Gasteiger partial charge in [0.2, 0.25) is 0 Å². The van der Waals surface area contributed by atoms with Crippen LogP contribution in [0.2, 0.25) is 0 Å². The summed E-state index contributed by atoms with van der Waals surface area (Å²) in [5.74, 6) is 1.34. The van der Waals surface area contributed by atoms with Crippen molar-refractivity contribution >= 4 is 11.8 Å². The maximum atomic E-state index is 11.6. The summed E-state index contributed by atoms with van der Waals surface area (Å²) in [6.07, 6.45) is 0.134. The van der Waals surface area contributed by atoms with Crippen LogP contribution in [0, 0.1) is 0 Å². The van der Waals surface area contributed by atoms with E-state index in [1.807, 2.05) is 36.4 Å². The van der Waals surface area contributed by atoms with Crippen molar-refractivity contribution in [1.29, 1.82) is 0 Å². The van der Waals surface area contributed by atoms with E-state index in [9.17, 15) is 4.79 Å². The number of carbonyl (C=O) groups excluding carboxylic acids is 1. The summed E-state index contributed by atoms with van der Waals surface area (Å²) in [6, 6.07) is 14.8. The molecule has 1 N–H and O–H groups in total. The molecular weight excluding hydrogens is 282 g/mol. The van der Waals surface area contributed by atoms with Gasteiger partial charge < -0.3 is 14.2 Å². The molecule has 0 fully saturated rings. The van der Waals surface area contributed by atoms with E-state index in [0.29, 0.717) is 23.6 Å². The first-order chi connectivity index (χ1) is 10.7. The smallest absolute Gasteiger partial charge is 0.411 e. The van der Waals surface area contributed by atoms with Crippen LogP contribution in [0.15, 0.2) is 48.5 Å². The molecule has 0 aromatic heterocycles. The number of benzene rings is 2. The molecule has 5 heteroatoms. The monoisotopic (exact) mass is 301 g/mol. The number of carbonyl (C=O) groups is 1. The summed E-state index contributed by atoms with van der Waals surface area (Å²) in [7, 11) is 3.18. The number of hydrogen-bond acceptors (Lipinski definition) is 4. The lowest BCUT2D eigenvalue weighted by atomic mass is 10.1. The van der Waals surface area contributed by atoms with E-state index in [1.165, 1.54) is 0 Å². The van der Waals surface area contributed by atoms with Gasteiger partial charge in [0.15, 0.2) is 11.5 Å². The predicted octanol–water partition coefficient (Wildman–Crippen LogP) is 3.50. The quantitative estimate of drug-likeness (QED) is 0.887. The molecule has 0 atom stereocenters. The van der Waals surface area contributed by atoms with Gasteiger partial charge in [-0.05, 0) is 29.8 Å². The number of ether oxygens (including phenoxy) is 3. The minimum atomic E-state index is -0.466. The molecule has 0 unspecified atom stereocenters. The second-order valence-electron chi connectivity index (χ2n) is 4.57. The number of nitrogens with one attached hydrogen (secondary N) is 1. The fourth-order valence-electron chi connectivity index (χ4n) is 1.97. The third-order valence-electron chi connectivity index (χ3n) is 3.09. The van der Waals surface area contributed by atoms with Gasteiger partial charge in [-0.2, -0.15) is 0 Å². The lowest BCUT2D eigenvalue weighted by Gasteiger charge is -2.10. The van der Waals surface area contributed by atoms with Gasteiger partial charge in [0.25, 0.3) is 0 Å². The van der Waals surface area contributed by atoms with Crippen LogP contribution in [0.3, 0.4) is 0 Å². The Morgan fingerprint density at radius 1 is 1.00 bits per heavy atom. The highest BCUT2D eigenvalue weighted by molar-refractivity contribution is 5.84. The Kier molecular flexibility index (Phi) is 5.65. The fourth-order valence-corrected chi connectivity index (χ4v) is 1.97. The van der Waals surface area contributed by atoms with Crippen LogP contribution in [-0.4, -0.2) is 26.9 Å². The molecule has 2 aromatic rings. The van der Waals surface area contributed by atoms with Crippen molar-refractivity contribution in [2.45, 2.75) is 6.42 Å². The first-order valence-corrected chi connectivity index (χ1v) is 6.92. The molecular formula is C17H19NO4. The second kappa shape index (κ2) is 7.93. The molecule has 0 spiro atoms. The predicted molar refractivity (Wildman–Crippen MR) is 84.7 cm³/mol. The molecule has 116 valence electrons. The standard InChI is InChI=1S/C17H19NO4/c1-20-15-9-8-13(12-16(15)21-2)10-11-22-17(19)18-14-6-4-3-5-7-14/h3-9,12H,10-11H2,1-2H3,(H,18,19). The maximum absolute atomic E-state index is 11.6.